The second-order valence-electron chi connectivity index (χ2n) is 4.22. The molecular formula is C13H10ClN3O2. The van der Waals surface area contributed by atoms with Crippen LogP contribution in [0.2, 0.25) is 5.02 Å². The minimum atomic E-state index is -0.370. The molecule has 0 radical (unpaired) electrons. The highest BCUT2D eigenvalue weighted by Gasteiger charge is 2.16. The standard InChI is InChI=1S/C13H10ClN3O2/c1-17-12(18)10(16-13(17)19)5-7-6-15-11-8(7)3-2-4-9(11)14/h2-6,18H,1H3,(H,16,19)/b7-5+. The van der Waals surface area contributed by atoms with Gasteiger partial charge in [0.2, 0.25) is 5.88 Å². The summed E-state index contributed by atoms with van der Waals surface area (Å²) in [7, 11) is 1.49. The van der Waals surface area contributed by atoms with Crippen molar-refractivity contribution in [1.82, 2.24) is 9.55 Å². The number of halogens is 1. The van der Waals surface area contributed by atoms with E-state index in [1.54, 1.807) is 18.4 Å². The van der Waals surface area contributed by atoms with Gasteiger partial charge < -0.3 is 10.1 Å². The number of hydrogen-bond donors (Lipinski definition) is 2. The molecule has 6 heteroatoms. The number of rotatable bonds is 1. The first-order valence-corrected chi connectivity index (χ1v) is 5.98. The summed E-state index contributed by atoms with van der Waals surface area (Å²) in [4.78, 5) is 18.2. The summed E-state index contributed by atoms with van der Waals surface area (Å²) in [6, 6.07) is 5.48. The van der Waals surface area contributed by atoms with Gasteiger partial charge in [-0.2, -0.15) is 0 Å². The van der Waals surface area contributed by atoms with Crippen molar-refractivity contribution in [3.63, 3.8) is 0 Å². The molecule has 2 N–H and O–H groups in total. The van der Waals surface area contributed by atoms with Crippen molar-refractivity contribution in [3.8, 4) is 5.88 Å². The van der Waals surface area contributed by atoms with Crippen LogP contribution in [0.15, 0.2) is 28.0 Å². The van der Waals surface area contributed by atoms with Gasteiger partial charge in [0, 0.05) is 24.4 Å². The molecule has 0 saturated heterocycles. The summed E-state index contributed by atoms with van der Waals surface area (Å²) >= 11 is 6.05. The van der Waals surface area contributed by atoms with E-state index in [0.29, 0.717) is 16.4 Å². The van der Waals surface area contributed by atoms with Crippen LogP contribution in [0.25, 0.3) is 11.6 Å². The Hall–Kier alpha value is -2.27. The van der Waals surface area contributed by atoms with Gasteiger partial charge in [-0.25, -0.2) is 4.79 Å². The molecule has 1 aliphatic rings. The van der Waals surface area contributed by atoms with Crippen molar-refractivity contribution in [2.45, 2.75) is 0 Å². The van der Waals surface area contributed by atoms with Crippen molar-refractivity contribution in [2.24, 2.45) is 12.0 Å². The van der Waals surface area contributed by atoms with Gasteiger partial charge >= 0.3 is 5.69 Å². The molecule has 1 aromatic heterocycles. The molecule has 2 heterocycles. The molecular weight excluding hydrogens is 266 g/mol. The van der Waals surface area contributed by atoms with Gasteiger partial charge in [-0.05, 0) is 12.1 Å². The van der Waals surface area contributed by atoms with Crippen molar-refractivity contribution in [1.29, 1.82) is 0 Å². The molecule has 1 aliphatic heterocycles. The topological polar surface area (TPSA) is 70.4 Å². The number of fused-ring (bicyclic) bond motifs is 1. The van der Waals surface area contributed by atoms with Crippen molar-refractivity contribution in [2.75, 3.05) is 0 Å². The van der Waals surface area contributed by atoms with Crippen LogP contribution >= 0.6 is 11.6 Å². The maximum atomic E-state index is 11.4. The second-order valence-corrected chi connectivity index (χ2v) is 4.63. The van der Waals surface area contributed by atoms with E-state index in [2.05, 4.69) is 9.98 Å². The lowest BCUT2D eigenvalue weighted by Gasteiger charge is -2.00. The number of aromatic hydroxyl groups is 1. The van der Waals surface area contributed by atoms with Crippen LogP contribution in [0.5, 0.6) is 5.88 Å². The van der Waals surface area contributed by atoms with Crippen LogP contribution in [0, 0.1) is 0 Å². The van der Waals surface area contributed by atoms with E-state index in [-0.39, 0.29) is 11.6 Å². The number of aliphatic imine (C=N–C) groups is 1. The van der Waals surface area contributed by atoms with Crippen LogP contribution in [0.3, 0.4) is 0 Å². The number of hydrogen-bond acceptors (Lipinski definition) is 3. The highest BCUT2D eigenvalue weighted by Crippen LogP contribution is 2.38. The van der Waals surface area contributed by atoms with E-state index in [4.69, 9.17) is 11.6 Å². The Labute approximate surface area is 113 Å². The van der Waals surface area contributed by atoms with Crippen molar-refractivity contribution < 1.29 is 5.11 Å². The molecule has 0 spiro atoms. The number of allylic oxidation sites excluding steroid dienone is 1. The van der Waals surface area contributed by atoms with E-state index in [1.807, 2.05) is 12.1 Å². The minimum absolute atomic E-state index is 0.110. The van der Waals surface area contributed by atoms with Gasteiger partial charge in [0.05, 0.1) is 10.7 Å². The maximum absolute atomic E-state index is 11.4. The fraction of sp³-hybridized carbons (Fsp3) is 0.0769. The molecule has 0 atom stereocenters. The predicted molar refractivity (Wildman–Crippen MR) is 75.2 cm³/mol. The lowest BCUT2D eigenvalue weighted by Crippen LogP contribution is -2.11. The fourth-order valence-corrected chi connectivity index (χ4v) is 2.21. The lowest BCUT2D eigenvalue weighted by atomic mass is 10.1. The third kappa shape index (κ3) is 1.79. The second kappa shape index (κ2) is 4.13. The van der Waals surface area contributed by atoms with E-state index in [9.17, 15) is 9.90 Å². The van der Waals surface area contributed by atoms with E-state index < -0.39 is 0 Å². The van der Waals surface area contributed by atoms with Crippen LogP contribution in [-0.2, 0) is 7.05 Å². The van der Waals surface area contributed by atoms with Crippen LogP contribution in [0.4, 0.5) is 5.69 Å². The molecule has 2 aromatic rings. The van der Waals surface area contributed by atoms with Gasteiger partial charge in [-0.3, -0.25) is 9.56 Å². The monoisotopic (exact) mass is 275 g/mol. The van der Waals surface area contributed by atoms with Crippen LogP contribution in [-0.4, -0.2) is 20.9 Å². The Bertz CT molecular complexity index is 784. The molecule has 19 heavy (non-hydrogen) atoms. The molecule has 0 saturated carbocycles. The summed E-state index contributed by atoms with van der Waals surface area (Å²) < 4.78 is 1.14. The minimum Gasteiger partial charge on any atom is -0.493 e. The van der Waals surface area contributed by atoms with Gasteiger partial charge in [0.1, 0.15) is 5.69 Å². The number of imidazole rings is 1. The zero-order valence-electron chi connectivity index (χ0n) is 10.0. The molecule has 0 amide bonds. The Balaban J connectivity index is 2.14. The largest absolute Gasteiger partial charge is 0.493 e. The first-order valence-electron chi connectivity index (χ1n) is 5.60. The summed E-state index contributed by atoms with van der Waals surface area (Å²) in [5, 5.41) is 10.4. The summed E-state index contributed by atoms with van der Waals surface area (Å²) in [5.41, 5.74) is 2.34. The highest BCUT2D eigenvalue weighted by molar-refractivity contribution is 6.35. The molecule has 0 fully saturated rings. The third-order valence-electron chi connectivity index (χ3n) is 3.04. The number of H-pyrrole nitrogens is 1. The normalized spacial score (nSPS) is 15.2. The zero-order chi connectivity index (χ0) is 13.6. The van der Waals surface area contributed by atoms with Gasteiger partial charge in [-0.1, -0.05) is 23.7 Å². The van der Waals surface area contributed by atoms with E-state index in [1.165, 1.54) is 7.05 Å². The average Bonchev–Trinajstić information content (AvgIpc) is 2.90. The Kier molecular flexibility index (Phi) is 2.57. The lowest BCUT2D eigenvalue weighted by molar-refractivity contribution is 0.428. The summed E-state index contributed by atoms with van der Waals surface area (Å²) in [6.45, 7) is 0. The molecule has 0 bridgehead atoms. The Morgan fingerprint density at radius 3 is 2.95 bits per heavy atom. The fourth-order valence-electron chi connectivity index (χ4n) is 1.99. The highest BCUT2D eigenvalue weighted by atomic mass is 35.5. The number of aromatic amines is 1. The predicted octanol–water partition coefficient (Wildman–Crippen LogP) is 2.33. The van der Waals surface area contributed by atoms with Crippen LogP contribution < -0.4 is 5.69 Å². The number of nitrogens with zero attached hydrogens (tertiary/aromatic N) is 2. The SMILES string of the molecule is Cn1c(O)c(/C=C2\C=Nc3c(Cl)cccc32)[nH]c1=O. The Morgan fingerprint density at radius 1 is 1.47 bits per heavy atom. The number of para-hydroxylation sites is 1. The van der Waals surface area contributed by atoms with Gasteiger partial charge in [-0.15, -0.1) is 0 Å². The molecule has 0 unspecified atom stereocenters. The third-order valence-corrected chi connectivity index (χ3v) is 3.34. The van der Waals surface area contributed by atoms with Gasteiger partial charge in [0.25, 0.3) is 0 Å². The summed E-state index contributed by atoms with van der Waals surface area (Å²) in [6.07, 6.45) is 3.32. The van der Waals surface area contributed by atoms with Crippen molar-refractivity contribution in [3.05, 3.63) is 45.0 Å². The van der Waals surface area contributed by atoms with E-state index in [0.717, 1.165) is 15.7 Å². The first-order chi connectivity index (χ1) is 9.08. The molecule has 5 nitrogen and oxygen atoms in total. The van der Waals surface area contributed by atoms with Crippen LogP contribution in [0.1, 0.15) is 11.3 Å². The molecule has 3 rings (SSSR count). The zero-order valence-corrected chi connectivity index (χ0v) is 10.8. The molecule has 1 aromatic carbocycles. The van der Waals surface area contributed by atoms with E-state index >= 15 is 0 Å². The average molecular weight is 276 g/mol. The number of nitrogens with one attached hydrogen (secondary N) is 1. The van der Waals surface area contributed by atoms with Gasteiger partial charge in [0.15, 0.2) is 0 Å². The smallest absolute Gasteiger partial charge is 0.328 e. The van der Waals surface area contributed by atoms with Crippen molar-refractivity contribution >= 4 is 35.2 Å². The quantitative estimate of drug-likeness (QED) is 0.838. The summed E-state index contributed by atoms with van der Waals surface area (Å²) in [5.74, 6) is -0.110. The number of aromatic nitrogens is 2. The maximum Gasteiger partial charge on any atom is 0.328 e. The number of benzene rings is 1. The first kappa shape index (κ1) is 11.8. The Morgan fingerprint density at radius 2 is 2.26 bits per heavy atom. The molecule has 0 aliphatic carbocycles. The molecule has 96 valence electrons.